The molecule has 1 aromatic carbocycles. The van der Waals surface area contributed by atoms with Gasteiger partial charge in [-0.25, -0.2) is 4.39 Å². The quantitative estimate of drug-likeness (QED) is 0.839. The lowest BCUT2D eigenvalue weighted by atomic mass is 10.3. The van der Waals surface area contributed by atoms with Gasteiger partial charge in [-0.2, -0.15) is 4.68 Å². The van der Waals surface area contributed by atoms with Crippen LogP contribution in [-0.4, -0.2) is 51.4 Å². The van der Waals surface area contributed by atoms with Gasteiger partial charge in [0.2, 0.25) is 0 Å². The summed E-state index contributed by atoms with van der Waals surface area (Å²) in [4.78, 5) is 2.15. The van der Waals surface area contributed by atoms with Gasteiger partial charge in [0, 0.05) is 25.4 Å². The molecule has 3 rings (SSSR count). The zero-order valence-electron chi connectivity index (χ0n) is 10.8. The Kier molecular flexibility index (Phi) is 3.69. The molecule has 1 fully saturated rings. The van der Waals surface area contributed by atoms with Gasteiger partial charge in [0.05, 0.1) is 18.9 Å². The van der Waals surface area contributed by atoms with Crippen molar-refractivity contribution in [2.75, 3.05) is 26.3 Å². The van der Waals surface area contributed by atoms with Crippen molar-refractivity contribution in [1.82, 2.24) is 25.1 Å². The van der Waals surface area contributed by atoms with E-state index >= 15 is 0 Å². The minimum absolute atomic E-state index is 0.285. The van der Waals surface area contributed by atoms with E-state index in [0.29, 0.717) is 5.82 Å². The summed E-state index contributed by atoms with van der Waals surface area (Å²) in [5.41, 5.74) is 0.720. The molecule has 104 valence electrons. The third-order valence-corrected chi connectivity index (χ3v) is 3.04. The molecule has 0 bridgehead atoms. The van der Waals surface area contributed by atoms with Crippen LogP contribution in [0.25, 0.3) is 11.8 Å². The number of ether oxygens (including phenoxy) is 1. The minimum atomic E-state index is -0.285. The maximum Gasteiger partial charge on any atom is 0.181 e. The molecule has 7 heteroatoms. The Morgan fingerprint density at radius 2 is 1.90 bits per heavy atom. The van der Waals surface area contributed by atoms with Gasteiger partial charge in [0.15, 0.2) is 5.82 Å². The first kappa shape index (κ1) is 12.7. The fourth-order valence-corrected chi connectivity index (χ4v) is 1.96. The molecule has 20 heavy (non-hydrogen) atoms. The van der Waals surface area contributed by atoms with Gasteiger partial charge in [-0.3, -0.25) is 0 Å². The van der Waals surface area contributed by atoms with E-state index in [1.807, 2.05) is 12.3 Å². The van der Waals surface area contributed by atoms with E-state index in [2.05, 4.69) is 20.4 Å². The molecule has 2 heterocycles. The third kappa shape index (κ3) is 2.83. The topological polar surface area (TPSA) is 56.1 Å². The van der Waals surface area contributed by atoms with Crippen molar-refractivity contribution in [3.63, 3.8) is 0 Å². The molecule has 0 N–H and O–H groups in total. The summed E-state index contributed by atoms with van der Waals surface area (Å²) in [7, 11) is 0. The normalized spacial score (nSPS) is 15.9. The molecular weight excluding hydrogens is 261 g/mol. The molecule has 0 unspecified atom stereocenters. The number of hydrogen-bond acceptors (Lipinski definition) is 5. The zero-order valence-corrected chi connectivity index (χ0v) is 10.8. The van der Waals surface area contributed by atoms with Crippen molar-refractivity contribution in [3.8, 4) is 5.69 Å². The van der Waals surface area contributed by atoms with Crippen molar-refractivity contribution in [1.29, 1.82) is 0 Å². The maximum absolute atomic E-state index is 12.9. The van der Waals surface area contributed by atoms with Crippen LogP contribution in [-0.2, 0) is 4.74 Å². The number of aromatic nitrogens is 4. The average molecular weight is 275 g/mol. The van der Waals surface area contributed by atoms with Crippen molar-refractivity contribution in [2.45, 2.75) is 0 Å². The highest BCUT2D eigenvalue weighted by Crippen LogP contribution is 2.10. The summed E-state index contributed by atoms with van der Waals surface area (Å²) in [6, 6.07) is 6.04. The minimum Gasteiger partial charge on any atom is -0.378 e. The Balaban J connectivity index is 1.79. The Bertz CT molecular complexity index is 589. The summed E-state index contributed by atoms with van der Waals surface area (Å²) in [5, 5.41) is 11.5. The molecule has 0 aliphatic carbocycles. The second-order valence-corrected chi connectivity index (χ2v) is 4.39. The Morgan fingerprint density at radius 1 is 1.15 bits per heavy atom. The van der Waals surface area contributed by atoms with Gasteiger partial charge in [0.1, 0.15) is 5.82 Å². The monoisotopic (exact) mass is 275 g/mol. The van der Waals surface area contributed by atoms with Gasteiger partial charge in [0.25, 0.3) is 0 Å². The largest absolute Gasteiger partial charge is 0.378 e. The number of tetrazole rings is 1. The summed E-state index contributed by atoms with van der Waals surface area (Å²) in [6.45, 7) is 3.17. The SMILES string of the molecule is Fc1ccc(-n2nnnc2C=CN2CCOCC2)cc1. The standard InChI is InChI=1S/C13H14FN5O/c14-11-1-3-12(4-2-11)19-13(15-16-17-19)5-6-18-7-9-20-10-8-18/h1-6H,7-10H2. The van der Waals surface area contributed by atoms with E-state index in [-0.39, 0.29) is 5.82 Å². The number of benzene rings is 1. The lowest BCUT2D eigenvalue weighted by Crippen LogP contribution is -2.31. The number of hydrogen-bond donors (Lipinski definition) is 0. The van der Waals surface area contributed by atoms with Gasteiger partial charge >= 0.3 is 0 Å². The molecule has 1 aliphatic rings. The van der Waals surface area contributed by atoms with Gasteiger partial charge in [-0.05, 0) is 34.7 Å². The Labute approximate surface area is 115 Å². The molecule has 0 spiro atoms. The van der Waals surface area contributed by atoms with Gasteiger partial charge in [-0.1, -0.05) is 0 Å². The van der Waals surface area contributed by atoms with Crippen LogP contribution in [0.5, 0.6) is 0 Å². The van der Waals surface area contributed by atoms with E-state index in [1.54, 1.807) is 16.8 Å². The van der Waals surface area contributed by atoms with Crippen molar-refractivity contribution < 1.29 is 9.13 Å². The summed E-state index contributed by atoms with van der Waals surface area (Å²) in [6.07, 6.45) is 3.79. The number of halogens is 1. The van der Waals surface area contributed by atoms with E-state index in [1.165, 1.54) is 12.1 Å². The molecule has 1 aliphatic heterocycles. The second kappa shape index (κ2) is 5.79. The fraction of sp³-hybridized carbons (Fsp3) is 0.308. The summed E-state index contributed by atoms with van der Waals surface area (Å²) in [5.74, 6) is 0.315. The Morgan fingerprint density at radius 3 is 2.65 bits per heavy atom. The molecule has 1 aromatic heterocycles. The van der Waals surface area contributed by atoms with Crippen LogP contribution in [0.2, 0.25) is 0 Å². The smallest absolute Gasteiger partial charge is 0.181 e. The van der Waals surface area contributed by atoms with Crippen LogP contribution >= 0.6 is 0 Å². The van der Waals surface area contributed by atoms with Crippen LogP contribution in [0.4, 0.5) is 4.39 Å². The summed E-state index contributed by atoms with van der Waals surface area (Å²) < 4.78 is 19.8. The molecular formula is C13H14FN5O. The van der Waals surface area contributed by atoms with Crippen molar-refractivity contribution in [3.05, 3.63) is 42.1 Å². The number of rotatable bonds is 3. The molecule has 0 saturated carbocycles. The third-order valence-electron chi connectivity index (χ3n) is 3.04. The van der Waals surface area contributed by atoms with E-state index < -0.39 is 0 Å². The fourth-order valence-electron chi connectivity index (χ4n) is 1.96. The first-order chi connectivity index (χ1) is 9.83. The lowest BCUT2D eigenvalue weighted by Gasteiger charge is -2.24. The predicted molar refractivity (Wildman–Crippen MR) is 70.5 cm³/mol. The van der Waals surface area contributed by atoms with Crippen LogP contribution in [0.15, 0.2) is 30.5 Å². The van der Waals surface area contributed by atoms with Crippen LogP contribution < -0.4 is 0 Å². The van der Waals surface area contributed by atoms with E-state index in [4.69, 9.17) is 4.74 Å². The maximum atomic E-state index is 12.9. The van der Waals surface area contributed by atoms with Crippen molar-refractivity contribution in [2.24, 2.45) is 0 Å². The molecule has 6 nitrogen and oxygen atoms in total. The second-order valence-electron chi connectivity index (χ2n) is 4.39. The van der Waals surface area contributed by atoms with Crippen LogP contribution in [0.1, 0.15) is 5.82 Å². The van der Waals surface area contributed by atoms with E-state index in [0.717, 1.165) is 32.0 Å². The van der Waals surface area contributed by atoms with E-state index in [9.17, 15) is 4.39 Å². The molecule has 0 atom stereocenters. The van der Waals surface area contributed by atoms with Crippen LogP contribution in [0, 0.1) is 5.82 Å². The first-order valence-electron chi connectivity index (χ1n) is 6.37. The Hall–Kier alpha value is -2.28. The molecule has 0 amide bonds. The first-order valence-corrected chi connectivity index (χ1v) is 6.37. The molecule has 2 aromatic rings. The van der Waals surface area contributed by atoms with Gasteiger partial charge < -0.3 is 9.64 Å². The highest BCUT2D eigenvalue weighted by Gasteiger charge is 2.08. The number of nitrogens with zero attached hydrogens (tertiary/aromatic N) is 5. The van der Waals surface area contributed by atoms with Crippen molar-refractivity contribution >= 4 is 6.08 Å². The molecule has 1 saturated heterocycles. The lowest BCUT2D eigenvalue weighted by molar-refractivity contribution is 0.0597. The zero-order chi connectivity index (χ0) is 13.8. The van der Waals surface area contributed by atoms with Gasteiger partial charge in [-0.15, -0.1) is 5.10 Å². The molecule has 0 radical (unpaired) electrons. The average Bonchev–Trinajstić information content (AvgIpc) is 2.95. The highest BCUT2D eigenvalue weighted by molar-refractivity contribution is 5.44. The summed E-state index contributed by atoms with van der Waals surface area (Å²) >= 11 is 0. The van der Waals surface area contributed by atoms with Crippen LogP contribution in [0.3, 0.4) is 0 Å². The number of morpholine rings is 1. The highest BCUT2D eigenvalue weighted by atomic mass is 19.1. The predicted octanol–water partition coefficient (Wildman–Crippen LogP) is 1.10.